The van der Waals surface area contributed by atoms with Crippen LogP contribution in [0.15, 0.2) is 34.7 Å². The van der Waals surface area contributed by atoms with Crippen LogP contribution in [0.3, 0.4) is 0 Å². The Morgan fingerprint density at radius 2 is 2.16 bits per heavy atom. The van der Waals surface area contributed by atoms with Gasteiger partial charge in [0.2, 0.25) is 0 Å². The molecule has 1 aromatic heterocycles. The van der Waals surface area contributed by atoms with Crippen molar-refractivity contribution in [3.8, 4) is 5.75 Å². The summed E-state index contributed by atoms with van der Waals surface area (Å²) in [5, 5.41) is 3.95. The molecule has 0 unspecified atom stereocenters. The minimum absolute atomic E-state index is 0.410. The fraction of sp³-hybridized carbons (Fsp3) is 0.333. The Bertz CT molecular complexity index is 537. The minimum atomic E-state index is 0.410. The van der Waals surface area contributed by atoms with Gasteiger partial charge in [-0.1, -0.05) is 24.6 Å². The predicted octanol–water partition coefficient (Wildman–Crippen LogP) is 3.93. The lowest BCUT2D eigenvalue weighted by atomic mass is 10.2. The third kappa shape index (κ3) is 4.01. The lowest BCUT2D eigenvalue weighted by Gasteiger charge is -2.03. The Hall–Kier alpha value is -1.45. The summed E-state index contributed by atoms with van der Waals surface area (Å²) in [6.07, 6.45) is 0. The largest absolute Gasteiger partial charge is 0.486 e. The number of aryl methyl sites for hydroxylation is 1. The SMILES string of the molecule is CCNCc1cc(COc2cccc(Cl)c2)oc1C. The van der Waals surface area contributed by atoms with E-state index in [4.69, 9.17) is 20.8 Å². The molecule has 1 N–H and O–H groups in total. The number of halogens is 1. The van der Waals surface area contributed by atoms with Crippen LogP contribution in [-0.4, -0.2) is 6.54 Å². The predicted molar refractivity (Wildman–Crippen MR) is 76.6 cm³/mol. The van der Waals surface area contributed by atoms with E-state index in [9.17, 15) is 0 Å². The number of furan rings is 1. The molecule has 0 saturated heterocycles. The Morgan fingerprint density at radius 1 is 1.32 bits per heavy atom. The molecule has 0 aliphatic carbocycles. The Kier molecular flexibility index (Phi) is 4.88. The number of rotatable bonds is 6. The molecule has 2 aromatic rings. The molecular weight excluding hydrogens is 262 g/mol. The molecule has 3 nitrogen and oxygen atoms in total. The standard InChI is InChI=1S/C15H18ClNO2/c1-3-17-9-12-7-15(19-11(12)2)10-18-14-6-4-5-13(16)8-14/h4-8,17H,3,9-10H2,1-2H3. The van der Waals surface area contributed by atoms with Crippen molar-refractivity contribution in [1.29, 1.82) is 0 Å². The molecule has 1 heterocycles. The van der Waals surface area contributed by atoms with Gasteiger partial charge < -0.3 is 14.5 Å². The maximum absolute atomic E-state index is 5.90. The topological polar surface area (TPSA) is 34.4 Å². The maximum atomic E-state index is 5.90. The molecule has 0 atom stereocenters. The lowest BCUT2D eigenvalue weighted by molar-refractivity contribution is 0.267. The molecule has 19 heavy (non-hydrogen) atoms. The molecule has 0 bridgehead atoms. The Balaban J connectivity index is 1.96. The minimum Gasteiger partial charge on any atom is -0.486 e. The van der Waals surface area contributed by atoms with E-state index in [-0.39, 0.29) is 0 Å². The van der Waals surface area contributed by atoms with Crippen LogP contribution in [0.1, 0.15) is 24.0 Å². The van der Waals surface area contributed by atoms with E-state index in [2.05, 4.69) is 12.2 Å². The van der Waals surface area contributed by atoms with Gasteiger partial charge in [-0.05, 0) is 37.7 Å². The second kappa shape index (κ2) is 6.64. The Labute approximate surface area is 118 Å². The molecule has 2 rings (SSSR count). The monoisotopic (exact) mass is 279 g/mol. The van der Waals surface area contributed by atoms with Crippen molar-refractivity contribution in [3.05, 3.63) is 52.4 Å². The first-order valence-corrected chi connectivity index (χ1v) is 6.74. The molecule has 4 heteroatoms. The molecule has 102 valence electrons. The number of hydrogen-bond donors (Lipinski definition) is 1. The van der Waals surface area contributed by atoms with Gasteiger partial charge >= 0.3 is 0 Å². The van der Waals surface area contributed by atoms with Gasteiger partial charge in [0.05, 0.1) is 0 Å². The normalized spacial score (nSPS) is 10.7. The van der Waals surface area contributed by atoms with Crippen LogP contribution >= 0.6 is 11.6 Å². The summed E-state index contributed by atoms with van der Waals surface area (Å²) in [6, 6.07) is 9.38. The smallest absolute Gasteiger partial charge is 0.146 e. The number of hydrogen-bond acceptors (Lipinski definition) is 3. The van der Waals surface area contributed by atoms with Crippen LogP contribution in [0, 0.1) is 6.92 Å². The molecule has 0 fully saturated rings. The van der Waals surface area contributed by atoms with Crippen molar-refractivity contribution in [2.75, 3.05) is 6.54 Å². The van der Waals surface area contributed by atoms with E-state index in [1.54, 1.807) is 6.07 Å². The second-order valence-corrected chi connectivity index (χ2v) is 4.76. The lowest BCUT2D eigenvalue weighted by Crippen LogP contribution is -2.11. The van der Waals surface area contributed by atoms with Crippen molar-refractivity contribution < 1.29 is 9.15 Å². The second-order valence-electron chi connectivity index (χ2n) is 4.32. The first-order chi connectivity index (χ1) is 9.19. The van der Waals surface area contributed by atoms with E-state index in [1.165, 1.54) is 5.56 Å². The van der Waals surface area contributed by atoms with Crippen molar-refractivity contribution >= 4 is 11.6 Å². The highest BCUT2D eigenvalue weighted by atomic mass is 35.5. The van der Waals surface area contributed by atoms with Crippen LogP contribution in [0.4, 0.5) is 0 Å². The van der Waals surface area contributed by atoms with Gasteiger partial charge in [0, 0.05) is 17.1 Å². The number of ether oxygens (including phenoxy) is 1. The van der Waals surface area contributed by atoms with Crippen LogP contribution in [-0.2, 0) is 13.2 Å². The average Bonchev–Trinajstić information content (AvgIpc) is 2.75. The zero-order valence-corrected chi connectivity index (χ0v) is 12.0. The van der Waals surface area contributed by atoms with E-state index >= 15 is 0 Å². The van der Waals surface area contributed by atoms with E-state index in [0.29, 0.717) is 11.6 Å². The molecule has 0 amide bonds. The quantitative estimate of drug-likeness (QED) is 0.870. The van der Waals surface area contributed by atoms with Crippen molar-refractivity contribution in [1.82, 2.24) is 5.32 Å². The summed E-state index contributed by atoms with van der Waals surface area (Å²) in [4.78, 5) is 0. The summed E-state index contributed by atoms with van der Waals surface area (Å²) < 4.78 is 11.3. The number of benzene rings is 1. The van der Waals surface area contributed by atoms with E-state index in [0.717, 1.165) is 30.4 Å². The molecule has 1 aromatic carbocycles. The maximum Gasteiger partial charge on any atom is 0.146 e. The van der Waals surface area contributed by atoms with Gasteiger partial charge in [-0.2, -0.15) is 0 Å². The molecular formula is C15H18ClNO2. The van der Waals surface area contributed by atoms with Gasteiger partial charge in [-0.15, -0.1) is 0 Å². The van der Waals surface area contributed by atoms with E-state index in [1.807, 2.05) is 31.2 Å². The van der Waals surface area contributed by atoms with Gasteiger partial charge in [-0.25, -0.2) is 0 Å². The third-order valence-corrected chi connectivity index (χ3v) is 3.05. The fourth-order valence-electron chi connectivity index (χ4n) is 1.81. The molecule has 0 aliphatic rings. The summed E-state index contributed by atoms with van der Waals surface area (Å²) in [6.45, 7) is 6.23. The highest BCUT2D eigenvalue weighted by Crippen LogP contribution is 2.20. The van der Waals surface area contributed by atoms with Crippen molar-refractivity contribution in [2.45, 2.75) is 27.0 Å². The summed E-state index contributed by atoms with van der Waals surface area (Å²) >= 11 is 5.90. The van der Waals surface area contributed by atoms with Crippen LogP contribution in [0.5, 0.6) is 5.75 Å². The van der Waals surface area contributed by atoms with Crippen LogP contribution in [0.2, 0.25) is 5.02 Å². The van der Waals surface area contributed by atoms with Gasteiger partial charge in [0.1, 0.15) is 23.9 Å². The van der Waals surface area contributed by atoms with Gasteiger partial charge in [-0.3, -0.25) is 0 Å². The highest BCUT2D eigenvalue weighted by Gasteiger charge is 2.07. The molecule has 0 spiro atoms. The van der Waals surface area contributed by atoms with Gasteiger partial charge in [0.15, 0.2) is 0 Å². The first kappa shape index (κ1) is 14.0. The van der Waals surface area contributed by atoms with E-state index < -0.39 is 0 Å². The van der Waals surface area contributed by atoms with Crippen molar-refractivity contribution in [3.63, 3.8) is 0 Å². The summed E-state index contributed by atoms with van der Waals surface area (Å²) in [5.74, 6) is 2.51. The summed E-state index contributed by atoms with van der Waals surface area (Å²) in [5.41, 5.74) is 1.17. The zero-order chi connectivity index (χ0) is 13.7. The fourth-order valence-corrected chi connectivity index (χ4v) is 1.99. The molecule has 0 radical (unpaired) electrons. The first-order valence-electron chi connectivity index (χ1n) is 6.36. The molecule has 0 aliphatic heterocycles. The van der Waals surface area contributed by atoms with Gasteiger partial charge in [0.25, 0.3) is 0 Å². The third-order valence-electron chi connectivity index (χ3n) is 2.81. The zero-order valence-electron chi connectivity index (χ0n) is 11.2. The van der Waals surface area contributed by atoms with Crippen LogP contribution < -0.4 is 10.1 Å². The van der Waals surface area contributed by atoms with Crippen molar-refractivity contribution in [2.24, 2.45) is 0 Å². The Morgan fingerprint density at radius 3 is 2.89 bits per heavy atom. The molecule has 0 saturated carbocycles. The highest BCUT2D eigenvalue weighted by molar-refractivity contribution is 6.30. The summed E-state index contributed by atoms with van der Waals surface area (Å²) in [7, 11) is 0. The number of nitrogens with one attached hydrogen (secondary N) is 1. The van der Waals surface area contributed by atoms with Crippen LogP contribution in [0.25, 0.3) is 0 Å². The average molecular weight is 280 g/mol.